The summed E-state index contributed by atoms with van der Waals surface area (Å²) >= 11 is 11.9. The lowest BCUT2D eigenvalue weighted by Crippen LogP contribution is -2.17. The Bertz CT molecular complexity index is 981. The molecular formula is C21H15Cl2N3O. The lowest BCUT2D eigenvalue weighted by atomic mass is 10.1. The number of carbonyl (C=O) groups excluding carboxylic acids is 1. The average Bonchev–Trinajstić information content (AvgIpc) is 2.69. The van der Waals surface area contributed by atoms with E-state index in [4.69, 9.17) is 23.2 Å². The highest BCUT2D eigenvalue weighted by Gasteiger charge is 2.03. The molecule has 0 unspecified atom stereocenters. The van der Waals surface area contributed by atoms with Crippen molar-refractivity contribution >= 4 is 47.2 Å². The Hall–Kier alpha value is -2.95. The van der Waals surface area contributed by atoms with Gasteiger partial charge in [0.2, 0.25) is 0 Å². The number of hydrogen-bond acceptors (Lipinski definition) is 3. The fraction of sp³-hybridized carbons (Fsp3) is 0. The number of nitrogens with zero attached hydrogens (tertiary/aromatic N) is 2. The smallest absolute Gasteiger partial charge is 0.267 e. The zero-order valence-electron chi connectivity index (χ0n) is 14.1. The number of hydrazone groups is 1. The molecule has 0 atom stereocenters. The van der Waals surface area contributed by atoms with Crippen molar-refractivity contribution in [2.75, 3.05) is 0 Å². The standard InChI is InChI=1S/C21H15Cl2N3O/c22-18-11-9-17(10-12-18)21(27)26-25-14-16-7-5-15(6-8-16)13-24-20-4-2-1-3-19(20)23/h1-14H,(H,26,27)/b24-13?,25-14+. The third kappa shape index (κ3) is 5.51. The van der Waals surface area contributed by atoms with Crippen LogP contribution in [0.5, 0.6) is 0 Å². The summed E-state index contributed by atoms with van der Waals surface area (Å²) in [4.78, 5) is 16.3. The molecule has 27 heavy (non-hydrogen) atoms. The van der Waals surface area contributed by atoms with Crippen molar-refractivity contribution < 1.29 is 4.79 Å². The molecule has 0 aliphatic carbocycles. The van der Waals surface area contributed by atoms with Crippen LogP contribution < -0.4 is 5.43 Å². The molecule has 1 amide bonds. The maximum absolute atomic E-state index is 12.0. The summed E-state index contributed by atoms with van der Waals surface area (Å²) in [5.74, 6) is -0.300. The van der Waals surface area contributed by atoms with Crippen molar-refractivity contribution in [3.05, 3.63) is 99.5 Å². The molecule has 0 fully saturated rings. The van der Waals surface area contributed by atoms with Gasteiger partial charge in [-0.25, -0.2) is 5.43 Å². The minimum absolute atomic E-state index is 0.300. The first-order chi connectivity index (χ1) is 13.1. The van der Waals surface area contributed by atoms with E-state index in [2.05, 4.69) is 15.5 Å². The molecule has 0 radical (unpaired) electrons. The van der Waals surface area contributed by atoms with Crippen molar-refractivity contribution in [1.29, 1.82) is 0 Å². The number of amides is 1. The van der Waals surface area contributed by atoms with E-state index in [1.54, 1.807) is 42.8 Å². The van der Waals surface area contributed by atoms with E-state index in [1.807, 2.05) is 42.5 Å². The monoisotopic (exact) mass is 395 g/mol. The molecule has 0 aliphatic rings. The number of aliphatic imine (C=N–C) groups is 1. The number of benzene rings is 3. The molecule has 0 aromatic heterocycles. The lowest BCUT2D eigenvalue weighted by Gasteiger charge is -2.00. The van der Waals surface area contributed by atoms with E-state index in [1.165, 1.54) is 0 Å². The minimum Gasteiger partial charge on any atom is -0.267 e. The summed E-state index contributed by atoms with van der Waals surface area (Å²) in [5, 5.41) is 5.15. The van der Waals surface area contributed by atoms with Crippen LogP contribution in [-0.2, 0) is 0 Å². The third-order valence-corrected chi connectivity index (χ3v) is 4.20. The fourth-order valence-electron chi connectivity index (χ4n) is 2.20. The van der Waals surface area contributed by atoms with Crippen LogP contribution in [0.25, 0.3) is 0 Å². The van der Waals surface area contributed by atoms with Gasteiger partial charge in [0.25, 0.3) is 5.91 Å². The summed E-state index contributed by atoms with van der Waals surface area (Å²) in [6.45, 7) is 0. The predicted octanol–water partition coefficient (Wildman–Crippen LogP) is 5.51. The lowest BCUT2D eigenvalue weighted by molar-refractivity contribution is 0.0955. The second kappa shape index (κ2) is 9.12. The Morgan fingerprint density at radius 1 is 0.815 bits per heavy atom. The first-order valence-corrected chi connectivity index (χ1v) is 8.85. The maximum Gasteiger partial charge on any atom is 0.271 e. The molecule has 4 nitrogen and oxygen atoms in total. The van der Waals surface area contributed by atoms with Crippen LogP contribution in [0, 0.1) is 0 Å². The zero-order chi connectivity index (χ0) is 19.1. The van der Waals surface area contributed by atoms with Crippen LogP contribution in [0.4, 0.5) is 5.69 Å². The van der Waals surface area contributed by atoms with E-state index in [0.717, 1.165) is 16.8 Å². The van der Waals surface area contributed by atoms with Crippen LogP contribution in [0.15, 0.2) is 82.9 Å². The number of halogens is 2. The van der Waals surface area contributed by atoms with Gasteiger partial charge in [-0.1, -0.05) is 59.6 Å². The molecule has 1 N–H and O–H groups in total. The fourth-order valence-corrected chi connectivity index (χ4v) is 2.51. The van der Waals surface area contributed by atoms with Crippen molar-refractivity contribution in [3.63, 3.8) is 0 Å². The normalized spacial score (nSPS) is 11.2. The van der Waals surface area contributed by atoms with Crippen molar-refractivity contribution in [3.8, 4) is 0 Å². The van der Waals surface area contributed by atoms with Crippen molar-refractivity contribution in [2.24, 2.45) is 10.1 Å². The highest BCUT2D eigenvalue weighted by molar-refractivity contribution is 6.33. The Kier molecular flexibility index (Phi) is 6.36. The van der Waals surface area contributed by atoms with E-state index < -0.39 is 0 Å². The summed E-state index contributed by atoms with van der Waals surface area (Å²) in [6, 6.07) is 21.6. The predicted molar refractivity (Wildman–Crippen MR) is 112 cm³/mol. The van der Waals surface area contributed by atoms with Crippen LogP contribution in [0.1, 0.15) is 21.5 Å². The number of rotatable bonds is 5. The molecule has 134 valence electrons. The minimum atomic E-state index is -0.300. The van der Waals surface area contributed by atoms with Crippen LogP contribution >= 0.6 is 23.2 Å². The molecule has 3 rings (SSSR count). The van der Waals surface area contributed by atoms with Crippen molar-refractivity contribution in [2.45, 2.75) is 0 Å². The van der Waals surface area contributed by atoms with Gasteiger partial charge in [0.15, 0.2) is 0 Å². The SMILES string of the molecule is O=C(N/N=C/c1ccc(C=Nc2ccccc2Cl)cc1)c1ccc(Cl)cc1. The Balaban J connectivity index is 1.58. The van der Waals surface area contributed by atoms with Gasteiger partial charge < -0.3 is 0 Å². The largest absolute Gasteiger partial charge is 0.271 e. The average molecular weight is 396 g/mol. The van der Waals surface area contributed by atoms with Gasteiger partial charge in [-0.05, 0) is 47.5 Å². The molecule has 0 heterocycles. The van der Waals surface area contributed by atoms with Crippen LogP contribution in [0.2, 0.25) is 10.0 Å². The van der Waals surface area contributed by atoms with E-state index in [9.17, 15) is 4.79 Å². The van der Waals surface area contributed by atoms with Crippen LogP contribution in [0.3, 0.4) is 0 Å². The Labute approximate surface area is 167 Å². The van der Waals surface area contributed by atoms with Gasteiger partial charge in [0.05, 0.1) is 16.9 Å². The molecule has 3 aromatic rings. The first-order valence-electron chi connectivity index (χ1n) is 8.09. The molecule has 0 saturated carbocycles. The summed E-state index contributed by atoms with van der Waals surface area (Å²) < 4.78 is 0. The van der Waals surface area contributed by atoms with Gasteiger partial charge in [0, 0.05) is 16.8 Å². The molecule has 0 aliphatic heterocycles. The molecule has 0 saturated heterocycles. The van der Waals surface area contributed by atoms with Crippen LogP contribution in [-0.4, -0.2) is 18.3 Å². The van der Waals surface area contributed by atoms with Gasteiger partial charge in [-0.15, -0.1) is 0 Å². The second-order valence-electron chi connectivity index (χ2n) is 5.58. The second-order valence-corrected chi connectivity index (χ2v) is 6.43. The quantitative estimate of drug-likeness (QED) is 0.449. The van der Waals surface area contributed by atoms with E-state index in [0.29, 0.717) is 15.6 Å². The number of para-hydroxylation sites is 1. The van der Waals surface area contributed by atoms with E-state index in [-0.39, 0.29) is 5.91 Å². The highest BCUT2D eigenvalue weighted by Crippen LogP contribution is 2.23. The first kappa shape index (κ1) is 18.8. The van der Waals surface area contributed by atoms with Crippen molar-refractivity contribution in [1.82, 2.24) is 5.43 Å². The molecule has 0 spiro atoms. The summed E-state index contributed by atoms with van der Waals surface area (Å²) in [6.07, 6.45) is 3.31. The number of carbonyl (C=O) groups is 1. The molecular weight excluding hydrogens is 381 g/mol. The Morgan fingerprint density at radius 2 is 1.44 bits per heavy atom. The van der Waals surface area contributed by atoms with E-state index >= 15 is 0 Å². The topological polar surface area (TPSA) is 53.8 Å². The number of nitrogens with one attached hydrogen (secondary N) is 1. The third-order valence-electron chi connectivity index (χ3n) is 3.63. The Morgan fingerprint density at radius 3 is 2.11 bits per heavy atom. The van der Waals surface area contributed by atoms with Gasteiger partial charge >= 0.3 is 0 Å². The molecule has 0 bridgehead atoms. The highest BCUT2D eigenvalue weighted by atomic mass is 35.5. The maximum atomic E-state index is 12.0. The number of hydrogen-bond donors (Lipinski definition) is 1. The van der Waals surface area contributed by atoms with Gasteiger partial charge in [-0.3, -0.25) is 9.79 Å². The van der Waals surface area contributed by atoms with Gasteiger partial charge in [-0.2, -0.15) is 5.10 Å². The summed E-state index contributed by atoms with van der Waals surface area (Å²) in [7, 11) is 0. The molecule has 3 aromatic carbocycles. The summed E-state index contributed by atoms with van der Waals surface area (Å²) in [5.41, 5.74) is 5.46. The zero-order valence-corrected chi connectivity index (χ0v) is 15.7. The molecule has 6 heteroatoms. The van der Waals surface area contributed by atoms with Gasteiger partial charge in [0.1, 0.15) is 0 Å².